The Labute approximate surface area is 231 Å². The van der Waals surface area contributed by atoms with Crippen molar-refractivity contribution in [3.63, 3.8) is 0 Å². The minimum absolute atomic E-state index is 0.0509. The van der Waals surface area contributed by atoms with Gasteiger partial charge in [-0.15, -0.1) is 0 Å². The maximum Gasteiger partial charge on any atom is 0.326 e. The van der Waals surface area contributed by atoms with Gasteiger partial charge < -0.3 is 9.30 Å². The summed E-state index contributed by atoms with van der Waals surface area (Å²) in [4.78, 5) is 12.9. The highest BCUT2D eigenvalue weighted by molar-refractivity contribution is 7.89. The molecule has 0 unspecified atom stereocenters. The van der Waals surface area contributed by atoms with Gasteiger partial charge in [0.1, 0.15) is 23.7 Å². The first-order valence-electron chi connectivity index (χ1n) is 12.3. The summed E-state index contributed by atoms with van der Waals surface area (Å²) in [6, 6.07) is 17.8. The Kier molecular flexibility index (Phi) is 6.76. The first kappa shape index (κ1) is 26.9. The molecule has 4 aromatic rings. The van der Waals surface area contributed by atoms with Crippen molar-refractivity contribution in [2.24, 2.45) is 5.10 Å². The average molecular weight is 568 g/mol. The maximum absolute atomic E-state index is 14.6. The van der Waals surface area contributed by atoms with E-state index in [-0.39, 0.29) is 18.0 Å². The highest BCUT2D eigenvalue weighted by Crippen LogP contribution is 2.35. The van der Waals surface area contributed by atoms with Crippen LogP contribution >= 0.6 is 11.6 Å². The second-order valence-corrected chi connectivity index (χ2v) is 12.6. The van der Waals surface area contributed by atoms with Gasteiger partial charge in [-0.05, 0) is 69.7 Å². The molecule has 0 bridgehead atoms. The Bertz CT molecular complexity index is 1760. The van der Waals surface area contributed by atoms with E-state index in [0.29, 0.717) is 44.0 Å². The fraction of sp³-hybridized carbons (Fsp3) is 0.241. The zero-order valence-corrected chi connectivity index (χ0v) is 23.5. The van der Waals surface area contributed by atoms with Crippen molar-refractivity contribution in [1.82, 2.24) is 8.98 Å². The molecule has 0 saturated carbocycles. The number of hydrogen-bond acceptors (Lipinski definition) is 5. The number of nitrogens with zero attached hydrogens (tertiary/aromatic N) is 3. The van der Waals surface area contributed by atoms with Crippen LogP contribution in [0.2, 0.25) is 5.02 Å². The minimum Gasteiger partial charge on any atom is -0.459 e. The fourth-order valence-corrected chi connectivity index (χ4v) is 6.42. The molecule has 202 valence electrons. The highest BCUT2D eigenvalue weighted by atomic mass is 35.5. The zero-order valence-electron chi connectivity index (χ0n) is 21.9. The van der Waals surface area contributed by atoms with E-state index in [9.17, 15) is 17.6 Å². The lowest BCUT2D eigenvalue weighted by atomic mass is 9.99. The number of halogens is 2. The molecule has 1 aromatic heterocycles. The predicted molar refractivity (Wildman–Crippen MR) is 149 cm³/mol. The Hall–Kier alpha value is -3.69. The molecule has 0 N–H and O–H groups in total. The Morgan fingerprint density at radius 1 is 1.05 bits per heavy atom. The Morgan fingerprint density at radius 2 is 1.79 bits per heavy atom. The zero-order chi connectivity index (χ0) is 28.1. The van der Waals surface area contributed by atoms with Crippen LogP contribution in [0.5, 0.6) is 0 Å². The highest BCUT2D eigenvalue weighted by Gasteiger charge is 2.35. The van der Waals surface area contributed by atoms with E-state index in [4.69, 9.17) is 16.3 Å². The molecule has 0 aliphatic carbocycles. The number of fused-ring (bicyclic) bond motifs is 2. The van der Waals surface area contributed by atoms with E-state index >= 15 is 0 Å². The molecule has 1 aliphatic heterocycles. The van der Waals surface area contributed by atoms with E-state index in [1.165, 1.54) is 18.2 Å². The van der Waals surface area contributed by atoms with Crippen molar-refractivity contribution < 1.29 is 22.3 Å². The molecule has 2 heterocycles. The van der Waals surface area contributed by atoms with E-state index < -0.39 is 27.4 Å². The number of hydrogen-bond donors (Lipinski definition) is 0. The van der Waals surface area contributed by atoms with Gasteiger partial charge >= 0.3 is 5.97 Å². The summed E-state index contributed by atoms with van der Waals surface area (Å²) < 4.78 is 50.1. The molecule has 10 heteroatoms. The lowest BCUT2D eigenvalue weighted by Gasteiger charge is -2.27. The third-order valence-electron chi connectivity index (χ3n) is 6.35. The standard InChI is InChI=1S/C29H27ClFN3O4S/c1-18-27(23-15-21(31)12-13-24(23)33(18)17-26(35)38-29(2,3)4)28-22-10-5-6-11-25(22)39(36,37)34(32-28)16-19-8-7-9-20(30)14-19/h5-15H,16-17H2,1-4H3. The first-order valence-corrected chi connectivity index (χ1v) is 14.1. The van der Waals surface area contributed by atoms with Gasteiger partial charge in [-0.1, -0.05) is 41.9 Å². The number of carbonyl (C=O) groups excluding carboxylic acids is 1. The molecule has 0 amide bonds. The number of carbonyl (C=O) groups is 1. The van der Waals surface area contributed by atoms with Crippen LogP contribution in [0.25, 0.3) is 10.9 Å². The molecule has 0 radical (unpaired) electrons. The van der Waals surface area contributed by atoms with Gasteiger partial charge in [-0.3, -0.25) is 4.79 Å². The average Bonchev–Trinajstić information content (AvgIpc) is 3.10. The maximum atomic E-state index is 14.6. The minimum atomic E-state index is -3.99. The summed E-state index contributed by atoms with van der Waals surface area (Å²) >= 11 is 6.14. The van der Waals surface area contributed by atoms with Gasteiger partial charge in [0.15, 0.2) is 0 Å². The molecular formula is C29H27ClFN3O4S. The van der Waals surface area contributed by atoms with Crippen LogP contribution in [0.4, 0.5) is 4.39 Å². The van der Waals surface area contributed by atoms with Crippen LogP contribution in [0.3, 0.4) is 0 Å². The van der Waals surface area contributed by atoms with E-state index in [0.717, 1.165) is 4.41 Å². The molecular weight excluding hydrogens is 541 g/mol. The van der Waals surface area contributed by atoms with Gasteiger partial charge in [0.25, 0.3) is 10.0 Å². The molecule has 0 spiro atoms. The second kappa shape index (κ2) is 9.81. The number of benzene rings is 3. The second-order valence-electron chi connectivity index (χ2n) is 10.4. The summed E-state index contributed by atoms with van der Waals surface area (Å²) in [5.74, 6) is -0.916. The van der Waals surface area contributed by atoms with Gasteiger partial charge in [0.2, 0.25) is 0 Å². The third kappa shape index (κ3) is 5.16. The fourth-order valence-electron chi connectivity index (χ4n) is 4.78. The van der Waals surface area contributed by atoms with Crippen LogP contribution in [-0.4, -0.2) is 34.7 Å². The van der Waals surface area contributed by atoms with Crippen molar-refractivity contribution in [3.05, 3.63) is 100.0 Å². The summed E-state index contributed by atoms with van der Waals surface area (Å²) in [7, 11) is -3.99. The number of esters is 1. The molecule has 0 fully saturated rings. The van der Waals surface area contributed by atoms with E-state index in [2.05, 4.69) is 5.10 Å². The van der Waals surface area contributed by atoms with Crippen LogP contribution < -0.4 is 0 Å². The molecule has 1 aliphatic rings. The Balaban J connectivity index is 1.72. The van der Waals surface area contributed by atoms with Crippen molar-refractivity contribution in [3.8, 4) is 0 Å². The van der Waals surface area contributed by atoms with Gasteiger partial charge in [-0.25, -0.2) is 4.39 Å². The Morgan fingerprint density at radius 3 is 2.51 bits per heavy atom. The van der Waals surface area contributed by atoms with Gasteiger partial charge in [-0.2, -0.15) is 17.9 Å². The van der Waals surface area contributed by atoms with E-state index in [1.807, 2.05) is 0 Å². The van der Waals surface area contributed by atoms with Crippen molar-refractivity contribution in [1.29, 1.82) is 0 Å². The lowest BCUT2D eigenvalue weighted by molar-refractivity contribution is -0.155. The van der Waals surface area contributed by atoms with E-state index in [1.54, 1.807) is 80.8 Å². The summed E-state index contributed by atoms with van der Waals surface area (Å²) in [6.45, 7) is 7.00. The predicted octanol–water partition coefficient (Wildman–Crippen LogP) is 6.04. The van der Waals surface area contributed by atoms with Gasteiger partial charge in [0.05, 0.1) is 11.4 Å². The van der Waals surface area contributed by atoms with Crippen molar-refractivity contribution in [2.45, 2.75) is 51.3 Å². The van der Waals surface area contributed by atoms with Crippen molar-refractivity contribution in [2.75, 3.05) is 0 Å². The van der Waals surface area contributed by atoms with Gasteiger partial charge in [0, 0.05) is 32.7 Å². The van der Waals surface area contributed by atoms with Crippen LogP contribution in [0.15, 0.2) is 76.7 Å². The molecule has 0 saturated heterocycles. The monoisotopic (exact) mass is 567 g/mol. The number of rotatable bonds is 5. The third-order valence-corrected chi connectivity index (χ3v) is 8.26. The van der Waals surface area contributed by atoms with Crippen LogP contribution in [-0.2, 0) is 32.6 Å². The number of ether oxygens (including phenoxy) is 1. The largest absolute Gasteiger partial charge is 0.459 e. The van der Waals surface area contributed by atoms with Crippen LogP contribution in [0.1, 0.15) is 43.2 Å². The molecule has 5 rings (SSSR count). The summed E-state index contributed by atoms with van der Waals surface area (Å²) in [5, 5.41) is 5.61. The molecule has 0 atom stereocenters. The lowest BCUT2D eigenvalue weighted by Crippen LogP contribution is -2.33. The molecule has 39 heavy (non-hydrogen) atoms. The number of hydrazone groups is 1. The molecule has 3 aromatic carbocycles. The smallest absolute Gasteiger partial charge is 0.326 e. The SMILES string of the molecule is Cc1c(C2=NN(Cc3cccc(Cl)c3)S(=O)(=O)c3ccccc32)c2cc(F)ccc2n1CC(=O)OC(C)(C)C. The molecule has 7 nitrogen and oxygen atoms in total. The van der Waals surface area contributed by atoms with Crippen molar-refractivity contribution >= 4 is 44.2 Å². The summed E-state index contributed by atoms with van der Waals surface area (Å²) in [6.07, 6.45) is 0. The van der Waals surface area contributed by atoms with Crippen LogP contribution in [0, 0.1) is 12.7 Å². The summed E-state index contributed by atoms with van der Waals surface area (Å²) in [5.41, 5.74) is 2.49. The normalized spacial score (nSPS) is 14.7. The quantitative estimate of drug-likeness (QED) is 0.275. The number of sulfonamides is 1. The topological polar surface area (TPSA) is 81.0 Å². The number of aromatic nitrogens is 1. The first-order chi connectivity index (χ1) is 18.3.